The smallest absolute Gasteiger partial charge is 0.305 e. The molecule has 3 heterocycles. The van der Waals surface area contributed by atoms with E-state index in [9.17, 15) is 9.59 Å². The van der Waals surface area contributed by atoms with E-state index in [1.807, 2.05) is 0 Å². The number of methoxy groups -OCH3 is 2. The number of carbonyl (C=O) groups excluding carboxylic acids is 2. The Morgan fingerprint density at radius 3 is 1.10 bits per heavy atom. The molecule has 0 bridgehead atoms. The number of aryl methyl sites for hydroxylation is 2. The molecule has 0 unspecified atom stereocenters. The van der Waals surface area contributed by atoms with Crippen LogP contribution < -0.4 is 9.80 Å². The van der Waals surface area contributed by atoms with Gasteiger partial charge in [-0.05, 0) is 177 Å². The molecule has 0 amide bonds. The monoisotopic (exact) mass is 1190 g/mol. The molecule has 0 atom stereocenters. The largest absolute Gasteiger partial charge is 0.469 e. The summed E-state index contributed by atoms with van der Waals surface area (Å²) in [5.74, 6) is -0.420. The highest BCUT2D eigenvalue weighted by atomic mass is 32.1. The van der Waals surface area contributed by atoms with Crippen molar-refractivity contribution < 1.29 is 19.1 Å². The summed E-state index contributed by atoms with van der Waals surface area (Å²) < 4.78 is 19.7. The Balaban J connectivity index is 0.724. The van der Waals surface area contributed by atoms with Crippen LogP contribution in [0.15, 0.2) is 218 Å². The van der Waals surface area contributed by atoms with Gasteiger partial charge in [0.25, 0.3) is 0 Å². The third-order valence-electron chi connectivity index (χ3n) is 17.7. The third-order valence-corrected chi connectivity index (χ3v) is 20.6. The van der Waals surface area contributed by atoms with E-state index in [4.69, 9.17) is 18.2 Å². The third kappa shape index (κ3) is 10.1. The average Bonchev–Trinajstić information content (AvgIpc) is 1.74. The van der Waals surface area contributed by atoms with Crippen LogP contribution in [-0.2, 0) is 42.7 Å². The van der Waals surface area contributed by atoms with Gasteiger partial charge < -0.3 is 19.3 Å². The molecule has 12 aromatic rings. The first-order chi connectivity index (χ1) is 42.3. The number of anilines is 6. The van der Waals surface area contributed by atoms with Crippen molar-refractivity contribution in [3.8, 4) is 64.0 Å². The fraction of sp³-hybridized carbons (Fsp3) is 0.158. The predicted molar refractivity (Wildman–Crippen MR) is 360 cm³/mol. The molecule has 11 heteroatoms. The molecule has 8 nitrogen and oxygen atoms in total. The van der Waals surface area contributed by atoms with Crippen LogP contribution in [0.1, 0.15) is 73.9 Å². The van der Waals surface area contributed by atoms with Gasteiger partial charge in [-0.3, -0.25) is 9.59 Å². The lowest BCUT2D eigenvalue weighted by molar-refractivity contribution is -0.141. The minimum Gasteiger partial charge on any atom is -0.469 e. The number of hydrogen-bond donors (Lipinski definition) is 0. The van der Waals surface area contributed by atoms with Crippen LogP contribution in [0.25, 0.3) is 75.0 Å². The van der Waals surface area contributed by atoms with Crippen LogP contribution in [0, 0.1) is 0 Å². The molecule has 0 saturated carbocycles. The summed E-state index contributed by atoms with van der Waals surface area (Å²) in [6.07, 6.45) is 1.91. The SMILES string of the molecule is COC(=O)CCc1ccc(N(c2ccc(-c3ccc(-c4ccc(-c5ccc(-c6ccc(N(c7ccc(CCC(=O)OC)cc7)c7ccc8c(c7)C(C)(C)c7ccccc7-8)cc6)s5)c5nsnc45)s3)cc2)c2ccc3c(c2)C(C)(C)c2ccccc2-3)cc1. The first-order valence-electron chi connectivity index (χ1n) is 29.4. The average molecular weight is 1190 g/mol. The van der Waals surface area contributed by atoms with Gasteiger partial charge in [0, 0.05) is 88.4 Å². The number of thiophene rings is 2. The van der Waals surface area contributed by atoms with Crippen molar-refractivity contribution in [3.05, 3.63) is 252 Å². The summed E-state index contributed by atoms with van der Waals surface area (Å²) in [4.78, 5) is 33.3. The van der Waals surface area contributed by atoms with Crippen LogP contribution in [0.3, 0.4) is 0 Å². The lowest BCUT2D eigenvalue weighted by Crippen LogP contribution is -2.16. The van der Waals surface area contributed by atoms with Gasteiger partial charge in [-0.25, -0.2) is 0 Å². The lowest BCUT2D eigenvalue weighted by atomic mass is 9.82. The van der Waals surface area contributed by atoms with Crippen molar-refractivity contribution in [2.45, 2.75) is 64.2 Å². The molecular weight excluding hydrogens is 1130 g/mol. The van der Waals surface area contributed by atoms with Crippen LogP contribution in [0.5, 0.6) is 0 Å². The van der Waals surface area contributed by atoms with Crippen LogP contribution in [0.2, 0.25) is 0 Å². The van der Waals surface area contributed by atoms with Gasteiger partial charge in [0.15, 0.2) is 0 Å². The fourth-order valence-corrected chi connectivity index (χ4v) is 15.6. The summed E-state index contributed by atoms with van der Waals surface area (Å²) in [5.41, 5.74) is 24.9. The van der Waals surface area contributed by atoms with Crippen LogP contribution in [0.4, 0.5) is 34.1 Å². The lowest BCUT2D eigenvalue weighted by Gasteiger charge is -2.28. The predicted octanol–water partition coefficient (Wildman–Crippen LogP) is 20.2. The molecule has 428 valence electrons. The molecule has 9 aromatic carbocycles. The topological polar surface area (TPSA) is 84.9 Å². The molecule has 0 radical (unpaired) electrons. The molecule has 2 aliphatic rings. The second kappa shape index (κ2) is 22.5. The van der Waals surface area contributed by atoms with Crippen molar-refractivity contribution in [3.63, 3.8) is 0 Å². The van der Waals surface area contributed by atoms with Crippen molar-refractivity contribution in [2.75, 3.05) is 24.0 Å². The number of nitrogens with zero attached hydrogens (tertiary/aromatic N) is 4. The van der Waals surface area contributed by atoms with E-state index >= 15 is 0 Å². The van der Waals surface area contributed by atoms with Gasteiger partial charge in [0.05, 0.1) is 25.9 Å². The molecule has 14 rings (SSSR count). The van der Waals surface area contributed by atoms with E-state index < -0.39 is 0 Å². The first kappa shape index (κ1) is 55.6. The molecule has 2 aliphatic carbocycles. The van der Waals surface area contributed by atoms with Gasteiger partial charge in [-0.2, -0.15) is 8.75 Å². The van der Waals surface area contributed by atoms with Gasteiger partial charge >= 0.3 is 11.9 Å². The summed E-state index contributed by atoms with van der Waals surface area (Å²) >= 11 is 4.79. The molecule has 3 aromatic heterocycles. The van der Waals surface area contributed by atoms with Crippen LogP contribution >= 0.6 is 34.4 Å². The highest BCUT2D eigenvalue weighted by molar-refractivity contribution is 7.19. The molecular formula is C76H62N4O4S3. The molecule has 0 spiro atoms. The second-order valence-electron chi connectivity index (χ2n) is 23.5. The van der Waals surface area contributed by atoms with Gasteiger partial charge in [-0.15, -0.1) is 22.7 Å². The maximum absolute atomic E-state index is 12.0. The minimum absolute atomic E-state index is 0.149. The van der Waals surface area contributed by atoms with E-state index in [1.54, 1.807) is 22.7 Å². The number of fused-ring (bicyclic) bond motifs is 7. The van der Waals surface area contributed by atoms with E-state index in [-0.39, 0.29) is 22.8 Å². The van der Waals surface area contributed by atoms with Gasteiger partial charge in [0.1, 0.15) is 11.0 Å². The van der Waals surface area contributed by atoms with Gasteiger partial charge in [-0.1, -0.05) is 149 Å². The highest BCUT2D eigenvalue weighted by Gasteiger charge is 2.37. The Hall–Kier alpha value is -9.26. The molecule has 0 fully saturated rings. The maximum Gasteiger partial charge on any atom is 0.305 e. The first-order valence-corrected chi connectivity index (χ1v) is 31.8. The Labute approximate surface area is 519 Å². The minimum atomic E-state index is -0.210. The molecule has 0 N–H and O–H groups in total. The van der Waals surface area contributed by atoms with Crippen LogP contribution in [-0.4, -0.2) is 34.9 Å². The normalized spacial score (nSPS) is 13.2. The Bertz CT molecular complexity index is 4300. The Kier molecular flexibility index (Phi) is 14.4. The summed E-state index contributed by atoms with van der Waals surface area (Å²) in [5, 5.41) is 0. The Morgan fingerprint density at radius 1 is 0.379 bits per heavy atom. The summed E-state index contributed by atoms with van der Waals surface area (Å²) in [6.45, 7) is 9.28. The number of carbonyl (C=O) groups is 2. The zero-order valence-corrected chi connectivity index (χ0v) is 51.7. The van der Waals surface area contributed by atoms with Crippen molar-refractivity contribution >= 4 is 91.5 Å². The number of benzene rings is 9. The zero-order chi connectivity index (χ0) is 59.6. The summed E-state index contributed by atoms with van der Waals surface area (Å²) in [6, 6.07) is 79.4. The highest BCUT2D eigenvalue weighted by Crippen LogP contribution is 2.53. The van der Waals surface area contributed by atoms with Crippen molar-refractivity contribution in [1.29, 1.82) is 0 Å². The second-order valence-corrected chi connectivity index (χ2v) is 26.2. The zero-order valence-electron chi connectivity index (χ0n) is 49.3. The number of hydrogen-bond acceptors (Lipinski definition) is 11. The number of ether oxygens (including phenoxy) is 2. The number of rotatable bonds is 16. The standard InChI is InChI=1S/C76H62N4O4S3/c1-75(2)63-13-9-7-11-57(63)59-35-33-55(45-65(59)75)79(51-25-15-47(16-26-51)19-43-71(81)83-5)53-29-21-49(22-30-53)67-39-41-69(85-67)61-37-38-62(74-73(61)77-87-78-74)70-42-40-68(86-70)50-23-31-54(32-24-50)80(52-27-17-48(18-28-52)20-44-72(82)84-6)56-34-36-60-58-12-8-10-14-64(58)76(3,4)66(60)46-56/h7-18,21-42,45-46H,19-20,43-44H2,1-6H3. The summed E-state index contributed by atoms with van der Waals surface area (Å²) in [7, 11) is 2.87. The van der Waals surface area contributed by atoms with E-state index in [1.165, 1.54) is 80.2 Å². The van der Waals surface area contributed by atoms with E-state index in [0.717, 1.165) is 88.3 Å². The van der Waals surface area contributed by atoms with E-state index in [0.29, 0.717) is 25.7 Å². The molecule has 0 saturated heterocycles. The number of aromatic nitrogens is 2. The number of esters is 2. The van der Waals surface area contributed by atoms with Crippen molar-refractivity contribution in [1.82, 2.24) is 8.75 Å². The Morgan fingerprint density at radius 2 is 0.713 bits per heavy atom. The maximum atomic E-state index is 12.0. The molecule has 87 heavy (non-hydrogen) atoms. The fourth-order valence-electron chi connectivity index (χ4n) is 13.0. The van der Waals surface area contributed by atoms with Crippen molar-refractivity contribution in [2.24, 2.45) is 0 Å². The molecule has 0 aliphatic heterocycles. The quantitative estimate of drug-likeness (QED) is 0.0885. The van der Waals surface area contributed by atoms with E-state index in [2.05, 4.69) is 256 Å². The van der Waals surface area contributed by atoms with Gasteiger partial charge in [0.2, 0.25) is 0 Å².